The largest absolute Gasteiger partial charge is 0.401 e. The van der Waals surface area contributed by atoms with E-state index in [-0.39, 0.29) is 0 Å². The molecule has 2 rings (SSSR count). The average molecular weight is 392 g/mol. The van der Waals surface area contributed by atoms with E-state index in [4.69, 9.17) is 17.2 Å². The van der Waals surface area contributed by atoms with Crippen molar-refractivity contribution >= 4 is 0 Å². The number of rotatable bonds is 9. The fourth-order valence-electron chi connectivity index (χ4n) is 4.90. The number of likely N-dealkylation sites (tertiary alicyclic amines) is 2. The molecule has 0 aliphatic carbocycles. The van der Waals surface area contributed by atoms with Gasteiger partial charge in [-0.2, -0.15) is 0 Å². The third kappa shape index (κ3) is 6.70. The van der Waals surface area contributed by atoms with Crippen LogP contribution in [0, 0.1) is 17.3 Å². The van der Waals surface area contributed by atoms with E-state index < -0.39 is 0 Å². The second-order valence-corrected chi connectivity index (χ2v) is 9.34. The first-order valence-electron chi connectivity index (χ1n) is 11.5. The zero-order valence-corrected chi connectivity index (χ0v) is 18.6. The summed E-state index contributed by atoms with van der Waals surface area (Å²) in [6, 6.07) is 0. The Morgan fingerprint density at radius 2 is 1.71 bits per heavy atom. The topological polar surface area (TPSA) is 84.5 Å². The van der Waals surface area contributed by atoms with Crippen LogP contribution in [0.5, 0.6) is 0 Å². The molecule has 0 bridgehead atoms. The Kier molecular flexibility index (Phi) is 9.16. The first-order valence-corrected chi connectivity index (χ1v) is 11.5. The van der Waals surface area contributed by atoms with Crippen LogP contribution in [-0.2, 0) is 0 Å². The summed E-state index contributed by atoms with van der Waals surface area (Å²) < 4.78 is 0. The van der Waals surface area contributed by atoms with Gasteiger partial charge in [-0.1, -0.05) is 33.6 Å². The molecule has 1 atom stereocenters. The Balaban J connectivity index is 1.75. The van der Waals surface area contributed by atoms with Crippen molar-refractivity contribution in [2.75, 3.05) is 39.3 Å². The lowest BCUT2D eigenvalue weighted by molar-refractivity contribution is 0.0599. The fourth-order valence-corrected chi connectivity index (χ4v) is 4.90. The highest BCUT2D eigenvalue weighted by Crippen LogP contribution is 2.41. The number of nitrogens with zero attached hydrogens (tertiary/aromatic N) is 2. The van der Waals surface area contributed by atoms with Crippen LogP contribution in [0.4, 0.5) is 0 Å². The second-order valence-electron chi connectivity index (χ2n) is 9.34. The molecule has 0 saturated carbocycles. The predicted octanol–water partition coefficient (Wildman–Crippen LogP) is 3.23. The Bertz CT molecular complexity index is 511. The maximum Gasteiger partial charge on any atom is 0.0987 e. The number of nitrogens with two attached hydrogens (primary N) is 3. The van der Waals surface area contributed by atoms with E-state index in [1.54, 1.807) is 0 Å². The van der Waals surface area contributed by atoms with Gasteiger partial charge in [-0.25, -0.2) is 0 Å². The Morgan fingerprint density at radius 3 is 2.25 bits per heavy atom. The predicted molar refractivity (Wildman–Crippen MR) is 120 cm³/mol. The van der Waals surface area contributed by atoms with Gasteiger partial charge >= 0.3 is 0 Å². The highest BCUT2D eigenvalue weighted by atomic mass is 15.2. The molecular weight excluding hydrogens is 346 g/mol. The molecule has 2 saturated heterocycles. The third-order valence-electron chi connectivity index (χ3n) is 7.35. The average Bonchev–Trinajstić information content (AvgIpc) is 2.73. The van der Waals surface area contributed by atoms with E-state index in [1.165, 1.54) is 64.6 Å². The van der Waals surface area contributed by atoms with E-state index in [9.17, 15) is 0 Å². The summed E-state index contributed by atoms with van der Waals surface area (Å²) in [7, 11) is 0. The van der Waals surface area contributed by atoms with E-state index in [1.807, 2.05) is 12.2 Å². The molecule has 0 radical (unpaired) electrons. The molecule has 5 nitrogen and oxygen atoms in total. The number of piperidine rings is 2. The van der Waals surface area contributed by atoms with Gasteiger partial charge in [0.1, 0.15) is 0 Å². The lowest BCUT2D eigenvalue weighted by Gasteiger charge is -2.44. The monoisotopic (exact) mass is 391 g/mol. The van der Waals surface area contributed by atoms with Gasteiger partial charge in [0.15, 0.2) is 0 Å². The van der Waals surface area contributed by atoms with Gasteiger partial charge in [-0.3, -0.25) is 0 Å². The van der Waals surface area contributed by atoms with Crippen LogP contribution in [0.3, 0.4) is 0 Å². The molecule has 0 spiro atoms. The molecule has 5 heteroatoms. The lowest BCUT2D eigenvalue weighted by Crippen LogP contribution is -2.44. The minimum absolute atomic E-state index is 0.373. The second kappa shape index (κ2) is 11.1. The van der Waals surface area contributed by atoms with Crippen molar-refractivity contribution in [3.05, 3.63) is 23.7 Å². The summed E-state index contributed by atoms with van der Waals surface area (Å²) >= 11 is 0. The van der Waals surface area contributed by atoms with Gasteiger partial charge < -0.3 is 27.0 Å². The van der Waals surface area contributed by atoms with Crippen molar-refractivity contribution in [3.63, 3.8) is 0 Å². The summed E-state index contributed by atoms with van der Waals surface area (Å²) in [6.45, 7) is 13.5. The van der Waals surface area contributed by atoms with Crippen LogP contribution in [0.2, 0.25) is 0 Å². The molecule has 2 fully saturated rings. The molecule has 0 aromatic rings. The SMILES string of the molecule is CCC(C)CC1(CC)CCN(CC2CCN(/C(N)=C/C=C(\N)CN)CC2)CC1. The molecule has 162 valence electrons. The molecule has 6 N–H and O–H groups in total. The Hall–Kier alpha value is -1.20. The highest BCUT2D eigenvalue weighted by Gasteiger charge is 2.34. The van der Waals surface area contributed by atoms with Crippen LogP contribution >= 0.6 is 0 Å². The van der Waals surface area contributed by atoms with Gasteiger partial charge in [0.05, 0.1) is 5.82 Å². The highest BCUT2D eigenvalue weighted by molar-refractivity contribution is 5.14. The van der Waals surface area contributed by atoms with Crippen LogP contribution < -0.4 is 17.2 Å². The molecule has 0 aromatic carbocycles. The standard InChI is InChI=1S/C23H45N5/c1-4-19(3)16-23(5-2)10-14-27(15-11-23)18-20-8-12-28(13-9-20)22(26)7-6-21(25)17-24/h6-7,19-20H,4-5,8-18,24-26H2,1-3H3/b21-6-,22-7+. The minimum atomic E-state index is 0.373. The van der Waals surface area contributed by atoms with Crippen LogP contribution in [-0.4, -0.2) is 49.1 Å². The summed E-state index contributed by atoms with van der Waals surface area (Å²) in [4.78, 5) is 5.01. The maximum absolute atomic E-state index is 6.21. The van der Waals surface area contributed by atoms with E-state index in [2.05, 4.69) is 30.6 Å². The van der Waals surface area contributed by atoms with Gasteiger partial charge in [0.2, 0.25) is 0 Å². The zero-order chi connectivity index (χ0) is 20.6. The van der Waals surface area contributed by atoms with Crippen molar-refractivity contribution in [3.8, 4) is 0 Å². The van der Waals surface area contributed by atoms with Crippen LogP contribution in [0.25, 0.3) is 0 Å². The number of hydrogen-bond acceptors (Lipinski definition) is 5. The summed E-state index contributed by atoms with van der Waals surface area (Å²) in [5.74, 6) is 2.48. The fraction of sp³-hybridized carbons (Fsp3) is 0.826. The minimum Gasteiger partial charge on any atom is -0.401 e. The van der Waals surface area contributed by atoms with Gasteiger partial charge in [-0.05, 0) is 74.6 Å². The molecular formula is C23H45N5. The molecule has 0 aromatic heterocycles. The zero-order valence-electron chi connectivity index (χ0n) is 18.6. The Morgan fingerprint density at radius 1 is 1.07 bits per heavy atom. The molecule has 28 heavy (non-hydrogen) atoms. The van der Waals surface area contributed by atoms with Gasteiger partial charge in [-0.15, -0.1) is 0 Å². The van der Waals surface area contributed by atoms with Crippen molar-refractivity contribution in [2.45, 2.75) is 65.7 Å². The van der Waals surface area contributed by atoms with Crippen LogP contribution in [0.1, 0.15) is 65.7 Å². The first-order chi connectivity index (χ1) is 13.4. The van der Waals surface area contributed by atoms with E-state index in [0.717, 1.165) is 30.7 Å². The lowest BCUT2D eigenvalue weighted by atomic mass is 9.70. The molecule has 2 heterocycles. The molecule has 1 unspecified atom stereocenters. The molecule has 2 aliphatic heterocycles. The van der Waals surface area contributed by atoms with Gasteiger partial charge in [0, 0.05) is 31.9 Å². The van der Waals surface area contributed by atoms with E-state index >= 15 is 0 Å². The Labute approximate surface area is 173 Å². The maximum atomic E-state index is 6.21. The summed E-state index contributed by atoms with van der Waals surface area (Å²) in [5, 5.41) is 0. The van der Waals surface area contributed by atoms with Gasteiger partial charge in [0.25, 0.3) is 0 Å². The number of hydrogen-bond donors (Lipinski definition) is 3. The van der Waals surface area contributed by atoms with Crippen molar-refractivity contribution in [2.24, 2.45) is 34.5 Å². The third-order valence-corrected chi connectivity index (χ3v) is 7.35. The molecule has 2 aliphatic rings. The summed E-state index contributed by atoms with van der Waals surface area (Å²) in [6.07, 6.45) is 13.0. The quantitative estimate of drug-likeness (QED) is 0.526. The normalized spacial score (nSPS) is 23.8. The van der Waals surface area contributed by atoms with E-state index in [0.29, 0.717) is 17.7 Å². The molecule has 0 amide bonds. The number of allylic oxidation sites excluding steroid dienone is 2. The van der Waals surface area contributed by atoms with Crippen molar-refractivity contribution in [1.82, 2.24) is 9.80 Å². The summed E-state index contributed by atoms with van der Waals surface area (Å²) in [5.41, 5.74) is 18.8. The van der Waals surface area contributed by atoms with Crippen LogP contribution in [0.15, 0.2) is 23.7 Å². The smallest absolute Gasteiger partial charge is 0.0987 e. The van der Waals surface area contributed by atoms with Crippen molar-refractivity contribution in [1.29, 1.82) is 0 Å². The van der Waals surface area contributed by atoms with Crippen molar-refractivity contribution < 1.29 is 0 Å². The first kappa shape index (κ1) is 23.1.